The largest absolute Gasteiger partial charge is 0.301 e. The molecule has 0 amide bonds. The van der Waals surface area contributed by atoms with Gasteiger partial charge in [0, 0.05) is 11.5 Å². The Morgan fingerprint density at radius 2 is 1.82 bits per heavy atom. The second kappa shape index (κ2) is 7.75. The van der Waals surface area contributed by atoms with Crippen molar-refractivity contribution in [3.63, 3.8) is 0 Å². The number of hydrazone groups is 1. The van der Waals surface area contributed by atoms with Crippen LogP contribution in [0.15, 0.2) is 53.6 Å². The zero-order valence-corrected chi connectivity index (χ0v) is 15.8. The average molecular weight is 382 g/mol. The number of nitro groups is 2. The van der Waals surface area contributed by atoms with E-state index in [1.54, 1.807) is 0 Å². The standard InChI is InChI=1S/C20H22N4O4/c1-14-7-6-12-20(2,15-8-4-3-5-9-15)19(14)22-21-17-11-10-16(23(25)26)13-18(17)24(27)28/h3-5,8-11,13-14,21H,6-7,12H2,1-2H3/b22-19+/t14-,20+/m1/s1. The van der Waals surface area contributed by atoms with Gasteiger partial charge in [-0.1, -0.05) is 50.6 Å². The van der Waals surface area contributed by atoms with Crippen LogP contribution in [0.2, 0.25) is 0 Å². The fourth-order valence-corrected chi connectivity index (χ4v) is 3.90. The highest BCUT2D eigenvalue weighted by molar-refractivity contribution is 5.97. The van der Waals surface area contributed by atoms with Gasteiger partial charge in [0.1, 0.15) is 5.69 Å². The van der Waals surface area contributed by atoms with Crippen LogP contribution in [0, 0.1) is 26.1 Å². The average Bonchev–Trinajstić information content (AvgIpc) is 2.68. The van der Waals surface area contributed by atoms with Gasteiger partial charge in [-0.05, 0) is 30.4 Å². The molecule has 1 N–H and O–H groups in total. The summed E-state index contributed by atoms with van der Waals surface area (Å²) in [7, 11) is 0. The van der Waals surface area contributed by atoms with Gasteiger partial charge < -0.3 is 0 Å². The number of non-ortho nitro benzene ring substituents is 1. The smallest absolute Gasteiger partial charge is 0.272 e. The first-order valence-electron chi connectivity index (χ1n) is 9.15. The van der Waals surface area contributed by atoms with Crippen molar-refractivity contribution in [3.8, 4) is 0 Å². The third-order valence-corrected chi connectivity index (χ3v) is 5.44. The molecular weight excluding hydrogens is 360 g/mol. The maximum absolute atomic E-state index is 11.4. The highest BCUT2D eigenvalue weighted by Gasteiger charge is 2.38. The summed E-state index contributed by atoms with van der Waals surface area (Å²) in [5.74, 6) is 0.212. The van der Waals surface area contributed by atoms with Crippen molar-refractivity contribution in [2.75, 3.05) is 5.43 Å². The predicted molar refractivity (Wildman–Crippen MR) is 108 cm³/mol. The van der Waals surface area contributed by atoms with Crippen molar-refractivity contribution in [2.24, 2.45) is 11.0 Å². The van der Waals surface area contributed by atoms with Gasteiger partial charge in [0.15, 0.2) is 0 Å². The van der Waals surface area contributed by atoms with Crippen molar-refractivity contribution in [1.82, 2.24) is 0 Å². The summed E-state index contributed by atoms with van der Waals surface area (Å²) in [5, 5.41) is 26.8. The van der Waals surface area contributed by atoms with E-state index in [-0.39, 0.29) is 28.4 Å². The quantitative estimate of drug-likeness (QED) is 0.574. The number of nitrogens with one attached hydrogen (secondary N) is 1. The van der Waals surface area contributed by atoms with Crippen molar-refractivity contribution < 1.29 is 9.85 Å². The third kappa shape index (κ3) is 3.71. The number of hydrogen-bond donors (Lipinski definition) is 1. The van der Waals surface area contributed by atoms with E-state index in [2.05, 4.69) is 36.5 Å². The second-order valence-electron chi connectivity index (χ2n) is 7.32. The Labute approximate surface area is 162 Å². The molecule has 1 aliphatic carbocycles. The zero-order chi connectivity index (χ0) is 20.3. The van der Waals surface area contributed by atoms with Crippen molar-refractivity contribution in [3.05, 3.63) is 74.3 Å². The number of nitro benzene ring substituents is 2. The second-order valence-corrected chi connectivity index (χ2v) is 7.32. The first-order valence-corrected chi connectivity index (χ1v) is 9.15. The Hall–Kier alpha value is -3.29. The molecule has 0 aromatic heterocycles. The molecule has 1 saturated carbocycles. The van der Waals surface area contributed by atoms with Crippen LogP contribution in [-0.2, 0) is 5.41 Å². The van der Waals surface area contributed by atoms with E-state index in [1.165, 1.54) is 12.1 Å². The molecule has 0 radical (unpaired) electrons. The van der Waals surface area contributed by atoms with Gasteiger partial charge in [0.25, 0.3) is 5.69 Å². The maximum atomic E-state index is 11.4. The molecule has 1 aliphatic rings. The monoisotopic (exact) mass is 382 g/mol. The number of anilines is 1. The Morgan fingerprint density at radius 1 is 1.11 bits per heavy atom. The van der Waals surface area contributed by atoms with Gasteiger partial charge in [-0.15, -0.1) is 0 Å². The summed E-state index contributed by atoms with van der Waals surface area (Å²) in [6.45, 7) is 4.24. The summed E-state index contributed by atoms with van der Waals surface area (Å²) >= 11 is 0. The van der Waals surface area contributed by atoms with Crippen LogP contribution in [0.25, 0.3) is 0 Å². The maximum Gasteiger partial charge on any atom is 0.301 e. The van der Waals surface area contributed by atoms with Crippen LogP contribution in [0.5, 0.6) is 0 Å². The first-order chi connectivity index (χ1) is 13.3. The van der Waals surface area contributed by atoms with Crippen molar-refractivity contribution in [2.45, 2.75) is 38.5 Å². The molecule has 28 heavy (non-hydrogen) atoms. The minimum absolute atomic E-state index is 0.135. The Morgan fingerprint density at radius 3 is 2.46 bits per heavy atom. The molecule has 8 nitrogen and oxygen atoms in total. The van der Waals surface area contributed by atoms with E-state index in [1.807, 2.05) is 18.2 Å². The predicted octanol–water partition coefficient (Wildman–Crippen LogP) is 5.05. The van der Waals surface area contributed by atoms with E-state index in [0.717, 1.165) is 36.6 Å². The molecule has 0 saturated heterocycles. The lowest BCUT2D eigenvalue weighted by Crippen LogP contribution is -2.41. The topological polar surface area (TPSA) is 111 Å². The van der Waals surface area contributed by atoms with Crippen LogP contribution >= 0.6 is 0 Å². The lowest BCUT2D eigenvalue weighted by molar-refractivity contribution is -0.393. The Kier molecular flexibility index (Phi) is 5.39. The van der Waals surface area contributed by atoms with Gasteiger partial charge in [0.2, 0.25) is 0 Å². The molecular formula is C20H22N4O4. The number of hydrogen-bond acceptors (Lipinski definition) is 6. The molecule has 2 aromatic rings. The van der Waals surface area contributed by atoms with Gasteiger partial charge >= 0.3 is 5.69 Å². The molecule has 2 atom stereocenters. The van der Waals surface area contributed by atoms with Gasteiger partial charge in [-0.2, -0.15) is 5.10 Å². The number of benzene rings is 2. The van der Waals surface area contributed by atoms with Crippen LogP contribution in [0.1, 0.15) is 38.7 Å². The van der Waals surface area contributed by atoms with Crippen LogP contribution in [0.4, 0.5) is 17.1 Å². The number of nitrogens with zero attached hydrogens (tertiary/aromatic N) is 3. The van der Waals surface area contributed by atoms with E-state index in [4.69, 9.17) is 0 Å². The highest BCUT2D eigenvalue weighted by atomic mass is 16.6. The lowest BCUT2D eigenvalue weighted by atomic mass is 9.66. The fourth-order valence-electron chi connectivity index (χ4n) is 3.90. The van der Waals surface area contributed by atoms with E-state index < -0.39 is 9.85 Å². The molecule has 0 bridgehead atoms. The van der Waals surface area contributed by atoms with Crippen LogP contribution < -0.4 is 5.43 Å². The summed E-state index contributed by atoms with van der Waals surface area (Å²) in [4.78, 5) is 21.0. The summed E-state index contributed by atoms with van der Waals surface area (Å²) in [6.07, 6.45) is 3.00. The SMILES string of the molecule is C[C@@H]1CCC[C@@](C)(c2ccccc2)/C1=N/Nc1ccc([N+](=O)[O-])cc1[N+](=O)[O-]. The molecule has 2 aromatic carbocycles. The van der Waals surface area contributed by atoms with Crippen LogP contribution in [0.3, 0.4) is 0 Å². The molecule has 0 heterocycles. The molecule has 0 aliphatic heterocycles. The van der Waals surface area contributed by atoms with Gasteiger partial charge in [0.05, 0.1) is 21.6 Å². The Balaban J connectivity index is 1.99. The first kappa shape index (κ1) is 19.5. The van der Waals surface area contributed by atoms with E-state index in [9.17, 15) is 20.2 Å². The minimum Gasteiger partial charge on any atom is -0.272 e. The van der Waals surface area contributed by atoms with Crippen LogP contribution in [-0.4, -0.2) is 15.6 Å². The fraction of sp³-hybridized carbons (Fsp3) is 0.350. The minimum atomic E-state index is -0.654. The molecule has 0 unspecified atom stereocenters. The molecule has 8 heteroatoms. The molecule has 0 spiro atoms. The zero-order valence-electron chi connectivity index (χ0n) is 15.8. The summed E-state index contributed by atoms with van der Waals surface area (Å²) in [6, 6.07) is 13.6. The molecule has 146 valence electrons. The normalized spacial score (nSPS) is 23.4. The lowest BCUT2D eigenvalue weighted by Gasteiger charge is -2.39. The summed E-state index contributed by atoms with van der Waals surface area (Å²) < 4.78 is 0. The van der Waals surface area contributed by atoms with E-state index in [0.29, 0.717) is 0 Å². The van der Waals surface area contributed by atoms with Crippen molar-refractivity contribution in [1.29, 1.82) is 0 Å². The molecule has 3 rings (SSSR count). The highest BCUT2D eigenvalue weighted by Crippen LogP contribution is 2.40. The van der Waals surface area contributed by atoms with E-state index >= 15 is 0 Å². The van der Waals surface area contributed by atoms with Gasteiger partial charge in [-0.25, -0.2) is 0 Å². The summed E-state index contributed by atoms with van der Waals surface area (Å²) in [5.41, 5.74) is 4.05. The number of rotatable bonds is 5. The molecule has 1 fully saturated rings. The Bertz CT molecular complexity index is 929. The third-order valence-electron chi connectivity index (χ3n) is 5.44. The van der Waals surface area contributed by atoms with Crippen molar-refractivity contribution >= 4 is 22.8 Å². The van der Waals surface area contributed by atoms with Gasteiger partial charge in [-0.3, -0.25) is 25.7 Å².